The van der Waals surface area contributed by atoms with E-state index in [1.165, 1.54) is 28.8 Å². The first kappa shape index (κ1) is 14.9. The van der Waals surface area contributed by atoms with Crippen LogP contribution < -0.4 is 0 Å². The van der Waals surface area contributed by atoms with E-state index in [-0.39, 0.29) is 0 Å². The van der Waals surface area contributed by atoms with Gasteiger partial charge in [-0.1, -0.05) is 0 Å². The first-order chi connectivity index (χ1) is 11.6. The molecule has 0 saturated heterocycles. The summed E-state index contributed by atoms with van der Waals surface area (Å²) in [7, 11) is 0. The molecule has 2 aromatic heterocycles. The minimum absolute atomic E-state index is 0.543. The summed E-state index contributed by atoms with van der Waals surface area (Å²) in [5.74, 6) is 0. The topological polar surface area (TPSA) is 38.5 Å². The molecule has 0 aliphatic rings. The van der Waals surface area contributed by atoms with Crippen molar-refractivity contribution in [3.8, 4) is 5.69 Å². The van der Waals surface area contributed by atoms with Gasteiger partial charge in [-0.05, 0) is 0 Å². The Bertz CT molecular complexity index is 845. The Kier molecular flexibility index (Phi) is 5.01. The van der Waals surface area contributed by atoms with Gasteiger partial charge in [-0.25, -0.2) is 0 Å². The molecule has 124 valence electrons. The third-order valence-corrected chi connectivity index (χ3v) is 5.07. The molecule has 1 N–H and O–H groups in total. The number of aromatic nitrogens is 4. The third-order valence-electron chi connectivity index (χ3n) is 3.87. The van der Waals surface area contributed by atoms with E-state index >= 15 is 0 Å². The molecule has 0 unspecified atom stereocenters. The maximum atomic E-state index is 7.58. The summed E-state index contributed by atoms with van der Waals surface area (Å²) in [6.45, 7) is 3.07. The molecule has 3 aromatic rings. The number of rotatable bonds is 7. The summed E-state index contributed by atoms with van der Waals surface area (Å²) >= 11 is 2.37. The summed E-state index contributed by atoms with van der Waals surface area (Å²) in [6.07, 6.45) is 8.82. The van der Waals surface area contributed by atoms with Crippen molar-refractivity contribution in [2.45, 2.75) is 39.2 Å². The van der Waals surface area contributed by atoms with Gasteiger partial charge in [0.25, 0.3) is 0 Å². The second-order valence-corrected chi connectivity index (χ2v) is 6.73. The number of nitrogens with one attached hydrogen (secondary N) is 1. The number of unbranched alkanes of at least 4 members (excludes halogenated alkanes) is 2. The van der Waals surface area contributed by atoms with E-state index in [1.807, 2.05) is 31.2 Å². The number of benzene rings is 1. The van der Waals surface area contributed by atoms with Crippen molar-refractivity contribution in [2.24, 2.45) is 0 Å². The van der Waals surface area contributed by atoms with E-state index in [9.17, 15) is 0 Å². The van der Waals surface area contributed by atoms with Crippen LogP contribution in [0, 0.1) is 10.7 Å². The van der Waals surface area contributed by atoms with Crippen LogP contribution in [0.3, 0.4) is 0 Å². The van der Waals surface area contributed by atoms with E-state index in [2.05, 4.69) is 57.1 Å². The zero-order chi connectivity index (χ0) is 16.9. The third kappa shape index (κ3) is 4.20. The van der Waals surface area contributed by atoms with Crippen LogP contribution in [0.4, 0.5) is 0 Å². The summed E-state index contributed by atoms with van der Waals surface area (Å²) in [5, 5.41) is 7.28. The summed E-state index contributed by atoms with van der Waals surface area (Å²) < 4.78 is 13.2. The van der Waals surface area contributed by atoms with Gasteiger partial charge in [-0.15, -0.1) is 0 Å². The van der Waals surface area contributed by atoms with Crippen molar-refractivity contribution in [3.05, 3.63) is 64.0 Å². The Morgan fingerprint density at radius 2 is 2.04 bits per heavy atom. The van der Waals surface area contributed by atoms with Crippen LogP contribution in [0.1, 0.15) is 32.0 Å². The molecule has 2 heterocycles. The molecule has 0 radical (unpaired) electrons. The first-order valence-corrected chi connectivity index (χ1v) is 9.08. The van der Waals surface area contributed by atoms with Gasteiger partial charge >= 0.3 is 149 Å². The molecule has 23 heavy (non-hydrogen) atoms. The first-order valence-electron chi connectivity index (χ1n) is 8.44. The molecule has 3 rings (SSSR count). The van der Waals surface area contributed by atoms with E-state index < -0.39 is 0 Å². The van der Waals surface area contributed by atoms with Crippen LogP contribution in [0.15, 0.2) is 48.8 Å². The number of nitrogens with zero attached hydrogens (tertiary/aromatic N) is 3. The normalized spacial score (nSPS) is 11.7. The molecule has 5 heteroatoms. The quantitative estimate of drug-likeness (QED) is 0.503. The Morgan fingerprint density at radius 1 is 1.22 bits per heavy atom. The molecule has 0 fully saturated rings. The van der Waals surface area contributed by atoms with Gasteiger partial charge in [-0.3, -0.25) is 0 Å². The van der Waals surface area contributed by atoms with Crippen LogP contribution >= 0.6 is 0 Å². The second kappa shape index (κ2) is 7.74. The fourth-order valence-corrected chi connectivity index (χ4v) is 3.54. The van der Waals surface area contributed by atoms with E-state index in [4.69, 9.17) is 1.37 Å². The van der Waals surface area contributed by atoms with Crippen LogP contribution in [0.25, 0.3) is 5.69 Å². The molecule has 1 aromatic carbocycles. The monoisotopic (exact) mass is 490 g/mol. The number of hydrogen-bond acceptors (Lipinski definition) is 1. The van der Waals surface area contributed by atoms with Crippen molar-refractivity contribution in [1.29, 1.82) is 0 Å². The number of para-hydroxylation sites is 1. The van der Waals surface area contributed by atoms with E-state index in [0.717, 1.165) is 24.3 Å². The van der Waals surface area contributed by atoms with Gasteiger partial charge in [0.1, 0.15) is 0 Å². The average Bonchev–Trinajstić information content (AvgIpc) is 3.14. The zero-order valence-electron chi connectivity index (χ0n) is 14.2. The number of aromatic amines is 1. The summed E-state index contributed by atoms with van der Waals surface area (Å²) in [5.41, 5.74) is 3.40. The minimum atomic E-state index is 0.543. The molecule has 0 atom stereocenters. The van der Waals surface area contributed by atoms with Crippen LogP contribution in [0.2, 0.25) is 0 Å². The number of hydrogen-bond donors (Lipinski definition) is 1. The maximum absolute atomic E-state index is 7.58. The predicted octanol–water partition coefficient (Wildman–Crippen LogP) is 3.80. The number of imidazole rings is 1. The van der Waals surface area contributed by atoms with Crippen molar-refractivity contribution in [3.63, 3.8) is 0 Å². The van der Waals surface area contributed by atoms with Crippen molar-refractivity contribution < 1.29 is 20.7 Å². The Labute approximate surface area is 149 Å². The van der Waals surface area contributed by atoms with Crippen LogP contribution in [-0.4, -0.2) is 19.3 Å². The van der Waals surface area contributed by atoms with Crippen molar-refractivity contribution in [1.82, 2.24) is 19.3 Å². The summed E-state index contributed by atoms with van der Waals surface area (Å²) in [6, 6.07) is 10.3. The van der Waals surface area contributed by atoms with E-state index in [1.54, 1.807) is 0 Å². The molecule has 0 spiro atoms. The standard InChI is InChI=1S/C18H22N4.Pt/c1-16-14-17(20-19-16)8-4-3-7-11-21-12-13-22(15-21)18-9-5-2-6-10-18;/h2,5-6,9-10,12-14H,3-4,7-8,11H2,1H3,(H,19,20);/i2D;. The van der Waals surface area contributed by atoms with Gasteiger partial charge in [0.2, 0.25) is 0 Å². The second-order valence-electron chi connectivity index (χ2n) is 5.71. The molecule has 0 amide bonds. The molecular weight excluding hydrogens is 467 g/mol. The molecule has 0 bridgehead atoms. The number of aryl methyl sites for hydroxylation is 3. The van der Waals surface area contributed by atoms with Gasteiger partial charge in [-0.2, -0.15) is 0 Å². The zero-order valence-corrected chi connectivity index (χ0v) is 15.5. The van der Waals surface area contributed by atoms with Crippen molar-refractivity contribution in [2.75, 3.05) is 0 Å². The average molecular weight is 490 g/mol. The van der Waals surface area contributed by atoms with Gasteiger partial charge < -0.3 is 0 Å². The Balaban J connectivity index is 1.51. The number of H-pyrrole nitrogens is 1. The fourth-order valence-electron chi connectivity index (χ4n) is 2.65. The Hall–Kier alpha value is -1.67. The van der Waals surface area contributed by atoms with E-state index in [0.29, 0.717) is 6.04 Å². The van der Waals surface area contributed by atoms with Crippen LogP contribution in [0.5, 0.6) is 0 Å². The molecule has 0 aliphatic heterocycles. The Morgan fingerprint density at radius 3 is 2.78 bits per heavy atom. The van der Waals surface area contributed by atoms with Gasteiger partial charge in [0.15, 0.2) is 0 Å². The van der Waals surface area contributed by atoms with Gasteiger partial charge in [0, 0.05) is 0 Å². The SMILES string of the molecule is [2H]c1ccc(-n2ccn(CCCCCc3cc(C)[nH]n3)[c]2=[Pt])cc1. The molecule has 0 aliphatic carbocycles. The predicted molar refractivity (Wildman–Crippen MR) is 87.9 cm³/mol. The molecule has 4 nitrogen and oxygen atoms in total. The molecule has 0 saturated carbocycles. The van der Waals surface area contributed by atoms with Gasteiger partial charge in [0.05, 0.1) is 0 Å². The van der Waals surface area contributed by atoms with Crippen molar-refractivity contribution >= 4 is 0 Å². The fraction of sp³-hybridized carbons (Fsp3) is 0.333. The molecular formula is C18H22N4Pt. The summed E-state index contributed by atoms with van der Waals surface area (Å²) in [4.78, 5) is 0. The van der Waals surface area contributed by atoms with Crippen LogP contribution in [-0.2, 0) is 32.3 Å².